The summed E-state index contributed by atoms with van der Waals surface area (Å²) in [5, 5.41) is 0.779. The van der Waals surface area contributed by atoms with E-state index in [1.165, 1.54) is 6.07 Å². The smallest absolute Gasteiger partial charge is 0.169 e. The molecule has 0 unspecified atom stereocenters. The van der Waals surface area contributed by atoms with Gasteiger partial charge in [-0.15, -0.1) is 0 Å². The lowest BCUT2D eigenvalue weighted by atomic mass is 10.1. The van der Waals surface area contributed by atoms with Crippen LogP contribution < -0.4 is 0 Å². The molecule has 0 N–H and O–H groups in total. The summed E-state index contributed by atoms with van der Waals surface area (Å²) in [6, 6.07) is 5.09. The number of furan rings is 1. The quantitative estimate of drug-likeness (QED) is 0.653. The van der Waals surface area contributed by atoms with Gasteiger partial charge in [0.1, 0.15) is 5.82 Å². The topological polar surface area (TPSA) is 38.9 Å². The Balaban J connectivity index is 2.27. The average molecular weight is 242 g/mol. The predicted octanol–water partition coefficient (Wildman–Crippen LogP) is 3.65. The van der Waals surface area contributed by atoms with Gasteiger partial charge < -0.3 is 4.42 Å². The maximum Gasteiger partial charge on any atom is 0.169 e. The molecule has 0 radical (unpaired) electrons. The Bertz CT molecular complexity index is 734. The minimum Gasteiger partial charge on any atom is -0.461 e. The Morgan fingerprint density at radius 1 is 1.22 bits per heavy atom. The van der Waals surface area contributed by atoms with Crippen molar-refractivity contribution >= 4 is 11.0 Å². The Labute approximate surface area is 103 Å². The van der Waals surface area contributed by atoms with E-state index >= 15 is 0 Å². The maximum absolute atomic E-state index is 13.9. The second kappa shape index (κ2) is 3.91. The molecule has 0 saturated heterocycles. The molecule has 0 amide bonds. The van der Waals surface area contributed by atoms with E-state index in [-0.39, 0.29) is 5.82 Å². The molecule has 4 heteroatoms. The zero-order chi connectivity index (χ0) is 12.7. The molecule has 0 aliphatic rings. The van der Waals surface area contributed by atoms with E-state index in [0.717, 1.165) is 16.5 Å². The highest BCUT2D eigenvalue weighted by Crippen LogP contribution is 2.29. The van der Waals surface area contributed by atoms with Crippen molar-refractivity contribution in [3.8, 4) is 11.3 Å². The van der Waals surface area contributed by atoms with Crippen LogP contribution in [0.2, 0.25) is 0 Å². The summed E-state index contributed by atoms with van der Waals surface area (Å²) >= 11 is 0. The third-order valence-electron chi connectivity index (χ3n) is 2.89. The highest BCUT2D eigenvalue weighted by Gasteiger charge is 2.11. The molecular weight excluding hydrogens is 231 g/mol. The number of benzene rings is 1. The summed E-state index contributed by atoms with van der Waals surface area (Å²) in [4.78, 5) is 8.33. The molecule has 18 heavy (non-hydrogen) atoms. The van der Waals surface area contributed by atoms with E-state index in [4.69, 9.17) is 4.42 Å². The van der Waals surface area contributed by atoms with Crippen LogP contribution in [0, 0.1) is 19.7 Å². The second-order valence-electron chi connectivity index (χ2n) is 4.24. The Hall–Kier alpha value is -2.23. The number of hydrogen-bond acceptors (Lipinski definition) is 3. The number of aromatic nitrogens is 2. The predicted molar refractivity (Wildman–Crippen MR) is 66.7 cm³/mol. The van der Waals surface area contributed by atoms with Gasteiger partial charge in [-0.25, -0.2) is 14.4 Å². The van der Waals surface area contributed by atoms with E-state index in [2.05, 4.69) is 9.97 Å². The van der Waals surface area contributed by atoms with Gasteiger partial charge in [0.05, 0.1) is 12.0 Å². The van der Waals surface area contributed by atoms with Gasteiger partial charge in [-0.05, 0) is 37.6 Å². The number of aryl methyl sites for hydroxylation is 2. The van der Waals surface area contributed by atoms with Crippen LogP contribution in [0.1, 0.15) is 11.4 Å². The second-order valence-corrected chi connectivity index (χ2v) is 4.24. The fourth-order valence-corrected chi connectivity index (χ4v) is 1.98. The van der Waals surface area contributed by atoms with Crippen molar-refractivity contribution in [1.29, 1.82) is 0 Å². The minimum atomic E-state index is -0.369. The Morgan fingerprint density at radius 3 is 2.83 bits per heavy atom. The largest absolute Gasteiger partial charge is 0.461 e. The van der Waals surface area contributed by atoms with Crippen molar-refractivity contribution < 1.29 is 8.81 Å². The van der Waals surface area contributed by atoms with E-state index in [1.807, 2.05) is 19.9 Å². The Kier molecular flexibility index (Phi) is 2.37. The number of hydrogen-bond donors (Lipinski definition) is 0. The summed E-state index contributed by atoms with van der Waals surface area (Å²) in [6.45, 7) is 3.70. The molecule has 0 fully saturated rings. The fourth-order valence-electron chi connectivity index (χ4n) is 1.98. The van der Waals surface area contributed by atoms with Crippen LogP contribution in [0.3, 0.4) is 0 Å². The molecule has 2 heterocycles. The van der Waals surface area contributed by atoms with Crippen molar-refractivity contribution in [2.45, 2.75) is 13.8 Å². The molecule has 0 bridgehead atoms. The summed E-state index contributed by atoms with van der Waals surface area (Å²) in [5.41, 5.74) is 2.65. The average Bonchev–Trinajstić information content (AvgIpc) is 2.72. The SMILES string of the molecule is Cc1nccc(-c2cc(F)c3occ(C)c3c2)n1. The number of fused-ring (bicyclic) bond motifs is 1. The van der Waals surface area contributed by atoms with Gasteiger partial charge in [0.15, 0.2) is 11.4 Å². The van der Waals surface area contributed by atoms with Crippen molar-refractivity contribution in [3.05, 3.63) is 47.9 Å². The number of rotatable bonds is 1. The maximum atomic E-state index is 13.9. The van der Waals surface area contributed by atoms with Crippen LogP contribution in [0.25, 0.3) is 22.2 Å². The summed E-state index contributed by atoms with van der Waals surface area (Å²) in [7, 11) is 0. The molecule has 3 nitrogen and oxygen atoms in total. The van der Waals surface area contributed by atoms with Crippen molar-refractivity contribution in [2.24, 2.45) is 0 Å². The Morgan fingerprint density at radius 2 is 2.06 bits per heavy atom. The van der Waals surface area contributed by atoms with Crippen molar-refractivity contribution in [2.75, 3.05) is 0 Å². The van der Waals surface area contributed by atoms with Crippen LogP contribution in [0.4, 0.5) is 4.39 Å². The molecule has 3 rings (SSSR count). The number of halogens is 1. The zero-order valence-electron chi connectivity index (χ0n) is 10.1. The van der Waals surface area contributed by atoms with Crippen LogP contribution in [-0.2, 0) is 0 Å². The van der Waals surface area contributed by atoms with E-state index in [9.17, 15) is 4.39 Å². The molecule has 90 valence electrons. The first-order chi connectivity index (χ1) is 8.65. The van der Waals surface area contributed by atoms with Crippen LogP contribution >= 0.6 is 0 Å². The first-order valence-corrected chi connectivity index (χ1v) is 5.62. The van der Waals surface area contributed by atoms with Crippen molar-refractivity contribution in [1.82, 2.24) is 9.97 Å². The van der Waals surface area contributed by atoms with Gasteiger partial charge >= 0.3 is 0 Å². The van der Waals surface area contributed by atoms with Crippen LogP contribution in [0.15, 0.2) is 35.1 Å². The summed E-state index contributed by atoms with van der Waals surface area (Å²) in [6.07, 6.45) is 3.23. The monoisotopic (exact) mass is 242 g/mol. The summed E-state index contributed by atoms with van der Waals surface area (Å²) < 4.78 is 19.1. The van der Waals surface area contributed by atoms with Gasteiger partial charge in [-0.2, -0.15) is 0 Å². The number of nitrogens with zero attached hydrogens (tertiary/aromatic N) is 2. The van der Waals surface area contributed by atoms with E-state index in [1.54, 1.807) is 18.5 Å². The van der Waals surface area contributed by atoms with Crippen LogP contribution in [-0.4, -0.2) is 9.97 Å². The molecular formula is C14H11FN2O. The van der Waals surface area contributed by atoms with Gasteiger partial charge in [-0.3, -0.25) is 0 Å². The molecule has 0 atom stereocenters. The molecule has 0 saturated carbocycles. The van der Waals surface area contributed by atoms with E-state index in [0.29, 0.717) is 17.1 Å². The molecule has 0 spiro atoms. The lowest BCUT2D eigenvalue weighted by Crippen LogP contribution is -1.90. The molecule has 0 aliphatic heterocycles. The highest BCUT2D eigenvalue weighted by molar-refractivity contribution is 5.86. The highest BCUT2D eigenvalue weighted by atomic mass is 19.1. The van der Waals surface area contributed by atoms with Gasteiger partial charge in [0.25, 0.3) is 0 Å². The third kappa shape index (κ3) is 1.66. The molecule has 2 aromatic heterocycles. The lowest BCUT2D eigenvalue weighted by molar-refractivity contribution is 0.559. The van der Waals surface area contributed by atoms with Gasteiger partial charge in [0, 0.05) is 17.1 Å². The van der Waals surface area contributed by atoms with Gasteiger partial charge in [0.2, 0.25) is 0 Å². The van der Waals surface area contributed by atoms with Gasteiger partial charge in [-0.1, -0.05) is 0 Å². The third-order valence-corrected chi connectivity index (χ3v) is 2.89. The fraction of sp³-hybridized carbons (Fsp3) is 0.143. The molecule has 3 aromatic rings. The lowest BCUT2D eigenvalue weighted by Gasteiger charge is -2.03. The standard InChI is InChI=1S/C14H11FN2O/c1-8-7-18-14-11(8)5-10(6-12(14)15)13-3-4-16-9(2)17-13/h3-7H,1-2H3. The first-order valence-electron chi connectivity index (χ1n) is 5.62. The first kappa shape index (κ1) is 10.9. The summed E-state index contributed by atoms with van der Waals surface area (Å²) in [5.74, 6) is 0.295. The van der Waals surface area contributed by atoms with Crippen molar-refractivity contribution in [3.63, 3.8) is 0 Å². The minimum absolute atomic E-state index is 0.294. The molecule has 0 aliphatic carbocycles. The van der Waals surface area contributed by atoms with E-state index < -0.39 is 0 Å². The normalized spacial score (nSPS) is 11.1. The van der Waals surface area contributed by atoms with Crippen LogP contribution in [0.5, 0.6) is 0 Å². The zero-order valence-corrected chi connectivity index (χ0v) is 10.1. The molecule has 1 aromatic carbocycles.